The van der Waals surface area contributed by atoms with E-state index in [0.717, 1.165) is 25.0 Å². The van der Waals surface area contributed by atoms with Crippen molar-refractivity contribution in [3.63, 3.8) is 0 Å². The van der Waals surface area contributed by atoms with Crippen LogP contribution >= 0.6 is 0 Å². The van der Waals surface area contributed by atoms with Gasteiger partial charge in [-0.3, -0.25) is 19.2 Å². The van der Waals surface area contributed by atoms with E-state index < -0.39 is 0 Å². The molecule has 0 radical (unpaired) electrons. The van der Waals surface area contributed by atoms with Crippen LogP contribution in [0, 0.1) is 0 Å². The molecule has 1 aromatic carbocycles. The van der Waals surface area contributed by atoms with Crippen LogP contribution in [0.2, 0.25) is 0 Å². The molecule has 2 amide bonds. The van der Waals surface area contributed by atoms with Crippen molar-refractivity contribution in [1.82, 2.24) is 19.9 Å². The van der Waals surface area contributed by atoms with Gasteiger partial charge in [-0.25, -0.2) is 0 Å². The number of aromatic nitrogens is 3. The molecule has 0 atom stereocenters. The van der Waals surface area contributed by atoms with Gasteiger partial charge in [0, 0.05) is 19.3 Å². The van der Waals surface area contributed by atoms with Crippen molar-refractivity contribution >= 4 is 11.8 Å². The van der Waals surface area contributed by atoms with Gasteiger partial charge in [-0.2, -0.15) is 0 Å². The van der Waals surface area contributed by atoms with Gasteiger partial charge >= 0.3 is 0 Å². The summed E-state index contributed by atoms with van der Waals surface area (Å²) in [6.07, 6.45) is 5.79. The summed E-state index contributed by atoms with van der Waals surface area (Å²) in [5, 5.41) is 8.22. The molecule has 120 valence electrons. The average Bonchev–Trinajstić information content (AvgIpc) is 3.12. The highest BCUT2D eigenvalue weighted by Gasteiger charge is 2.34. The summed E-state index contributed by atoms with van der Waals surface area (Å²) in [5.41, 5.74) is 1.99. The van der Waals surface area contributed by atoms with Gasteiger partial charge in [-0.1, -0.05) is 30.7 Å². The third kappa shape index (κ3) is 3.16. The SMILES string of the molecule is CCCCc1cn(CCCN2C(=O)c3ccccc3C2=O)nn1. The molecule has 0 bridgehead atoms. The van der Waals surface area contributed by atoms with Crippen molar-refractivity contribution < 1.29 is 9.59 Å². The van der Waals surface area contributed by atoms with E-state index in [1.54, 1.807) is 28.9 Å². The fourth-order valence-corrected chi connectivity index (χ4v) is 2.75. The first-order chi connectivity index (χ1) is 11.2. The highest BCUT2D eigenvalue weighted by molar-refractivity contribution is 6.21. The molecule has 0 fully saturated rings. The van der Waals surface area contributed by atoms with Gasteiger partial charge < -0.3 is 0 Å². The number of imide groups is 1. The maximum atomic E-state index is 12.2. The van der Waals surface area contributed by atoms with Crippen LogP contribution < -0.4 is 0 Å². The summed E-state index contributed by atoms with van der Waals surface area (Å²) in [7, 11) is 0. The number of carbonyl (C=O) groups excluding carboxylic acids is 2. The van der Waals surface area contributed by atoms with Crippen LogP contribution in [0.5, 0.6) is 0 Å². The van der Waals surface area contributed by atoms with Crippen molar-refractivity contribution in [2.45, 2.75) is 39.2 Å². The third-order valence-electron chi connectivity index (χ3n) is 4.02. The largest absolute Gasteiger partial charge is 0.274 e. The van der Waals surface area contributed by atoms with Crippen molar-refractivity contribution in [1.29, 1.82) is 0 Å². The zero-order valence-corrected chi connectivity index (χ0v) is 13.2. The summed E-state index contributed by atoms with van der Waals surface area (Å²) in [6, 6.07) is 6.96. The van der Waals surface area contributed by atoms with Crippen LogP contribution in [-0.4, -0.2) is 38.3 Å². The molecule has 0 aliphatic carbocycles. The predicted octanol–water partition coefficient (Wildman–Crippen LogP) is 2.31. The van der Waals surface area contributed by atoms with E-state index >= 15 is 0 Å². The number of fused-ring (bicyclic) bond motifs is 1. The number of aryl methyl sites for hydroxylation is 2. The van der Waals surface area contributed by atoms with Crippen LogP contribution in [0.25, 0.3) is 0 Å². The molecular weight excluding hydrogens is 292 g/mol. The van der Waals surface area contributed by atoms with Crippen molar-refractivity contribution in [3.05, 3.63) is 47.3 Å². The minimum atomic E-state index is -0.201. The predicted molar refractivity (Wildman–Crippen MR) is 85.1 cm³/mol. The monoisotopic (exact) mass is 312 g/mol. The van der Waals surface area contributed by atoms with Crippen LogP contribution in [0.1, 0.15) is 52.6 Å². The zero-order valence-electron chi connectivity index (χ0n) is 13.2. The molecule has 0 saturated carbocycles. The van der Waals surface area contributed by atoms with E-state index in [2.05, 4.69) is 17.2 Å². The highest BCUT2D eigenvalue weighted by Crippen LogP contribution is 2.22. The molecular formula is C17H20N4O2. The number of carbonyl (C=O) groups is 2. The number of benzene rings is 1. The Morgan fingerprint density at radius 3 is 2.35 bits per heavy atom. The second-order valence-corrected chi connectivity index (χ2v) is 5.74. The van der Waals surface area contributed by atoms with E-state index in [1.165, 1.54) is 4.90 Å². The Labute approximate surface area is 135 Å². The lowest BCUT2D eigenvalue weighted by Crippen LogP contribution is -2.31. The summed E-state index contributed by atoms with van der Waals surface area (Å²) in [6.45, 7) is 3.19. The first kappa shape index (κ1) is 15.4. The van der Waals surface area contributed by atoms with Gasteiger partial charge in [-0.05, 0) is 31.4 Å². The maximum Gasteiger partial charge on any atom is 0.261 e. The molecule has 0 saturated heterocycles. The Kier molecular flexibility index (Phi) is 4.50. The first-order valence-corrected chi connectivity index (χ1v) is 8.05. The molecule has 6 nitrogen and oxygen atoms in total. The molecule has 2 heterocycles. The van der Waals surface area contributed by atoms with E-state index in [-0.39, 0.29) is 11.8 Å². The van der Waals surface area contributed by atoms with Gasteiger partial charge in [0.2, 0.25) is 0 Å². The molecule has 0 unspecified atom stereocenters. The number of amides is 2. The average molecular weight is 312 g/mol. The topological polar surface area (TPSA) is 68.1 Å². The molecule has 2 aromatic rings. The van der Waals surface area contributed by atoms with Gasteiger partial charge in [0.1, 0.15) is 0 Å². The molecule has 1 aromatic heterocycles. The standard InChI is InChI=1S/C17H20N4O2/c1-2-3-7-13-12-20(19-18-13)10-6-11-21-16(22)14-8-4-5-9-15(14)17(21)23/h4-5,8-9,12H,2-3,6-7,10-11H2,1H3. The minimum absolute atomic E-state index is 0.201. The van der Waals surface area contributed by atoms with E-state index in [0.29, 0.717) is 30.6 Å². The highest BCUT2D eigenvalue weighted by atomic mass is 16.2. The first-order valence-electron chi connectivity index (χ1n) is 8.05. The summed E-state index contributed by atoms with van der Waals surface area (Å²) in [5.74, 6) is -0.402. The van der Waals surface area contributed by atoms with Gasteiger partial charge in [0.25, 0.3) is 11.8 Å². The molecule has 3 rings (SSSR count). The Balaban J connectivity index is 1.55. The fraction of sp³-hybridized carbons (Fsp3) is 0.412. The molecule has 1 aliphatic heterocycles. The summed E-state index contributed by atoms with van der Waals surface area (Å²) in [4.78, 5) is 25.8. The molecule has 1 aliphatic rings. The lowest BCUT2D eigenvalue weighted by molar-refractivity contribution is 0.0650. The Hall–Kier alpha value is -2.50. The molecule has 0 spiro atoms. The van der Waals surface area contributed by atoms with E-state index in [1.807, 2.05) is 6.20 Å². The number of unbranched alkanes of at least 4 members (excludes halogenated alkanes) is 1. The third-order valence-corrected chi connectivity index (χ3v) is 4.02. The zero-order chi connectivity index (χ0) is 16.2. The van der Waals surface area contributed by atoms with Crippen LogP contribution in [0.3, 0.4) is 0 Å². The minimum Gasteiger partial charge on any atom is -0.274 e. The molecule has 0 N–H and O–H groups in total. The van der Waals surface area contributed by atoms with Gasteiger partial charge in [0.05, 0.1) is 16.8 Å². The molecule has 23 heavy (non-hydrogen) atoms. The Bertz CT molecular complexity index is 688. The smallest absolute Gasteiger partial charge is 0.261 e. The summed E-state index contributed by atoms with van der Waals surface area (Å²) >= 11 is 0. The quantitative estimate of drug-likeness (QED) is 0.736. The number of nitrogens with zero attached hydrogens (tertiary/aromatic N) is 4. The van der Waals surface area contributed by atoms with E-state index in [9.17, 15) is 9.59 Å². The van der Waals surface area contributed by atoms with Crippen molar-refractivity contribution in [2.24, 2.45) is 0 Å². The second kappa shape index (κ2) is 6.73. The lowest BCUT2D eigenvalue weighted by Gasteiger charge is -2.13. The number of hydrogen-bond donors (Lipinski definition) is 0. The van der Waals surface area contributed by atoms with Crippen LogP contribution in [0.15, 0.2) is 30.5 Å². The van der Waals surface area contributed by atoms with Gasteiger partial charge in [0.15, 0.2) is 0 Å². The number of rotatable bonds is 7. The summed E-state index contributed by atoms with van der Waals surface area (Å²) < 4.78 is 1.78. The normalized spacial score (nSPS) is 13.7. The Morgan fingerprint density at radius 1 is 1.00 bits per heavy atom. The number of hydrogen-bond acceptors (Lipinski definition) is 4. The van der Waals surface area contributed by atoms with Crippen LogP contribution in [-0.2, 0) is 13.0 Å². The second-order valence-electron chi connectivity index (χ2n) is 5.74. The van der Waals surface area contributed by atoms with Gasteiger partial charge in [-0.15, -0.1) is 5.10 Å². The molecule has 6 heteroatoms. The van der Waals surface area contributed by atoms with Crippen LogP contribution in [0.4, 0.5) is 0 Å². The maximum absolute atomic E-state index is 12.2. The lowest BCUT2D eigenvalue weighted by atomic mass is 10.1. The Morgan fingerprint density at radius 2 is 1.70 bits per heavy atom. The van der Waals surface area contributed by atoms with Crippen molar-refractivity contribution in [2.75, 3.05) is 6.54 Å². The van der Waals surface area contributed by atoms with Crippen molar-refractivity contribution in [3.8, 4) is 0 Å². The van der Waals surface area contributed by atoms with E-state index in [4.69, 9.17) is 0 Å². The fourth-order valence-electron chi connectivity index (χ4n) is 2.75.